The standard InChI is InChI=1S/C9H14N6O/c1-3-7-4-11-9(16-7)6-10-5-8-12-14-15(2)13-8/h4,10H,3,5-6H2,1-2H3. The number of nitrogens with zero attached hydrogens (tertiary/aromatic N) is 5. The minimum Gasteiger partial charge on any atom is -0.444 e. The molecule has 7 nitrogen and oxygen atoms in total. The summed E-state index contributed by atoms with van der Waals surface area (Å²) < 4.78 is 5.44. The largest absolute Gasteiger partial charge is 0.444 e. The molecule has 0 saturated carbocycles. The highest BCUT2D eigenvalue weighted by molar-refractivity contribution is 4.93. The number of hydrogen-bond donors (Lipinski definition) is 1. The molecule has 0 spiro atoms. The van der Waals surface area contributed by atoms with Gasteiger partial charge in [0.25, 0.3) is 0 Å². The first kappa shape index (κ1) is 10.7. The van der Waals surface area contributed by atoms with E-state index in [-0.39, 0.29) is 0 Å². The first-order valence-electron chi connectivity index (χ1n) is 5.15. The van der Waals surface area contributed by atoms with E-state index in [1.54, 1.807) is 13.2 Å². The SMILES string of the molecule is CCc1cnc(CNCc2nnn(C)n2)o1. The van der Waals surface area contributed by atoms with Gasteiger partial charge in [0.15, 0.2) is 5.82 Å². The molecule has 0 unspecified atom stereocenters. The van der Waals surface area contributed by atoms with Gasteiger partial charge in [-0.05, 0) is 5.21 Å². The number of nitrogens with one attached hydrogen (secondary N) is 1. The molecular formula is C9H14N6O. The van der Waals surface area contributed by atoms with Gasteiger partial charge in [0, 0.05) is 6.42 Å². The molecule has 16 heavy (non-hydrogen) atoms. The van der Waals surface area contributed by atoms with Gasteiger partial charge in [-0.2, -0.15) is 4.80 Å². The number of hydrogen-bond acceptors (Lipinski definition) is 6. The van der Waals surface area contributed by atoms with Crippen molar-refractivity contribution in [3.05, 3.63) is 23.7 Å². The van der Waals surface area contributed by atoms with E-state index in [1.807, 2.05) is 6.92 Å². The lowest BCUT2D eigenvalue weighted by atomic mass is 10.4. The highest BCUT2D eigenvalue weighted by Gasteiger charge is 2.03. The Morgan fingerprint density at radius 1 is 1.44 bits per heavy atom. The minimum atomic E-state index is 0.553. The third-order valence-electron chi connectivity index (χ3n) is 2.06. The molecule has 0 aliphatic heterocycles. The second-order valence-corrected chi connectivity index (χ2v) is 3.37. The first-order chi connectivity index (χ1) is 7.78. The third-order valence-corrected chi connectivity index (χ3v) is 2.06. The van der Waals surface area contributed by atoms with Crippen molar-refractivity contribution in [1.29, 1.82) is 0 Å². The molecule has 0 saturated heterocycles. The first-order valence-corrected chi connectivity index (χ1v) is 5.15. The van der Waals surface area contributed by atoms with Crippen LogP contribution in [-0.2, 0) is 26.6 Å². The van der Waals surface area contributed by atoms with Crippen LogP contribution in [0.4, 0.5) is 0 Å². The zero-order valence-electron chi connectivity index (χ0n) is 9.34. The molecule has 0 aromatic carbocycles. The molecule has 0 bridgehead atoms. The lowest BCUT2D eigenvalue weighted by Crippen LogP contribution is -2.14. The van der Waals surface area contributed by atoms with Crippen LogP contribution in [0.3, 0.4) is 0 Å². The Labute approximate surface area is 92.9 Å². The van der Waals surface area contributed by atoms with Gasteiger partial charge in [0.05, 0.1) is 26.3 Å². The molecule has 0 fully saturated rings. The van der Waals surface area contributed by atoms with E-state index in [4.69, 9.17) is 4.42 Å². The molecule has 86 valence electrons. The van der Waals surface area contributed by atoms with Crippen molar-refractivity contribution in [2.75, 3.05) is 0 Å². The Balaban J connectivity index is 1.79. The van der Waals surface area contributed by atoms with E-state index in [0.717, 1.165) is 12.2 Å². The number of aryl methyl sites for hydroxylation is 2. The topological polar surface area (TPSA) is 81.7 Å². The van der Waals surface area contributed by atoms with Crippen LogP contribution >= 0.6 is 0 Å². The quantitative estimate of drug-likeness (QED) is 0.769. The fraction of sp³-hybridized carbons (Fsp3) is 0.556. The number of rotatable bonds is 5. The van der Waals surface area contributed by atoms with Crippen LogP contribution in [0.15, 0.2) is 10.6 Å². The van der Waals surface area contributed by atoms with Crippen LogP contribution in [-0.4, -0.2) is 25.2 Å². The van der Waals surface area contributed by atoms with Crippen molar-refractivity contribution >= 4 is 0 Å². The van der Waals surface area contributed by atoms with Crippen molar-refractivity contribution in [2.24, 2.45) is 7.05 Å². The van der Waals surface area contributed by atoms with Crippen LogP contribution in [0.1, 0.15) is 24.4 Å². The molecule has 7 heteroatoms. The van der Waals surface area contributed by atoms with Crippen LogP contribution in [0.2, 0.25) is 0 Å². The van der Waals surface area contributed by atoms with Gasteiger partial charge in [-0.25, -0.2) is 4.98 Å². The molecule has 2 aromatic rings. The lowest BCUT2D eigenvalue weighted by molar-refractivity contribution is 0.437. The van der Waals surface area contributed by atoms with E-state index in [0.29, 0.717) is 24.8 Å². The molecule has 0 radical (unpaired) electrons. The molecule has 0 aliphatic carbocycles. The van der Waals surface area contributed by atoms with E-state index in [9.17, 15) is 0 Å². The van der Waals surface area contributed by atoms with Gasteiger partial charge in [-0.15, -0.1) is 10.2 Å². The van der Waals surface area contributed by atoms with Crippen molar-refractivity contribution in [1.82, 2.24) is 30.5 Å². The monoisotopic (exact) mass is 222 g/mol. The molecule has 0 atom stereocenters. The van der Waals surface area contributed by atoms with Crippen molar-refractivity contribution in [3.63, 3.8) is 0 Å². The van der Waals surface area contributed by atoms with Crippen LogP contribution in [0.5, 0.6) is 0 Å². The zero-order chi connectivity index (χ0) is 11.4. The molecule has 0 aliphatic rings. The Morgan fingerprint density at radius 2 is 2.31 bits per heavy atom. The summed E-state index contributed by atoms with van der Waals surface area (Å²) in [6.07, 6.45) is 2.61. The van der Waals surface area contributed by atoms with Gasteiger partial charge < -0.3 is 9.73 Å². The maximum Gasteiger partial charge on any atom is 0.208 e. The summed E-state index contributed by atoms with van der Waals surface area (Å²) in [4.78, 5) is 5.56. The van der Waals surface area contributed by atoms with E-state index >= 15 is 0 Å². The molecule has 2 rings (SSSR count). The van der Waals surface area contributed by atoms with Gasteiger partial charge in [0.2, 0.25) is 5.89 Å². The summed E-state index contributed by atoms with van der Waals surface area (Å²) in [5, 5.41) is 14.8. The second-order valence-electron chi connectivity index (χ2n) is 3.37. The molecular weight excluding hydrogens is 208 g/mol. The van der Waals surface area contributed by atoms with Gasteiger partial charge in [0.1, 0.15) is 5.76 Å². The zero-order valence-corrected chi connectivity index (χ0v) is 9.34. The highest BCUT2D eigenvalue weighted by atomic mass is 16.4. The van der Waals surface area contributed by atoms with Crippen LogP contribution < -0.4 is 5.32 Å². The minimum absolute atomic E-state index is 0.553. The smallest absolute Gasteiger partial charge is 0.208 e. The number of aromatic nitrogens is 5. The molecule has 2 aromatic heterocycles. The third kappa shape index (κ3) is 2.63. The molecule has 0 amide bonds. The maximum absolute atomic E-state index is 5.44. The second kappa shape index (κ2) is 4.84. The summed E-state index contributed by atoms with van der Waals surface area (Å²) in [6, 6.07) is 0. The Bertz CT molecular complexity index is 448. The Morgan fingerprint density at radius 3 is 2.94 bits per heavy atom. The predicted molar refractivity (Wildman–Crippen MR) is 55.2 cm³/mol. The van der Waals surface area contributed by atoms with Crippen molar-refractivity contribution < 1.29 is 4.42 Å². The van der Waals surface area contributed by atoms with Crippen LogP contribution in [0.25, 0.3) is 0 Å². The highest BCUT2D eigenvalue weighted by Crippen LogP contribution is 2.03. The summed E-state index contributed by atoms with van der Waals surface area (Å²) >= 11 is 0. The van der Waals surface area contributed by atoms with E-state index in [1.165, 1.54) is 4.80 Å². The average molecular weight is 222 g/mol. The summed E-state index contributed by atoms with van der Waals surface area (Å²) in [5.74, 6) is 2.24. The predicted octanol–water partition coefficient (Wildman–Crippen LogP) is 0.0503. The van der Waals surface area contributed by atoms with Crippen LogP contribution in [0, 0.1) is 0 Å². The van der Waals surface area contributed by atoms with E-state index in [2.05, 4.69) is 25.7 Å². The van der Waals surface area contributed by atoms with E-state index < -0.39 is 0 Å². The summed E-state index contributed by atoms with van der Waals surface area (Å²) in [7, 11) is 1.73. The lowest BCUT2D eigenvalue weighted by Gasteiger charge is -1.96. The van der Waals surface area contributed by atoms with Crippen molar-refractivity contribution in [2.45, 2.75) is 26.4 Å². The Hall–Kier alpha value is -1.76. The maximum atomic E-state index is 5.44. The summed E-state index contributed by atoms with van der Waals surface area (Å²) in [6.45, 7) is 3.15. The number of oxazole rings is 1. The van der Waals surface area contributed by atoms with Gasteiger partial charge >= 0.3 is 0 Å². The summed E-state index contributed by atoms with van der Waals surface area (Å²) in [5.41, 5.74) is 0. The average Bonchev–Trinajstić information content (AvgIpc) is 2.88. The normalized spacial score (nSPS) is 10.9. The fourth-order valence-electron chi connectivity index (χ4n) is 1.27. The van der Waals surface area contributed by atoms with Gasteiger partial charge in [-0.3, -0.25) is 0 Å². The van der Waals surface area contributed by atoms with Gasteiger partial charge in [-0.1, -0.05) is 6.92 Å². The molecule has 2 heterocycles. The number of tetrazole rings is 1. The Kier molecular flexibility index (Phi) is 3.25. The molecule has 1 N–H and O–H groups in total. The fourth-order valence-corrected chi connectivity index (χ4v) is 1.27. The van der Waals surface area contributed by atoms with Crippen molar-refractivity contribution in [3.8, 4) is 0 Å².